The number of nitrogens with one attached hydrogen (secondary N) is 1. The Bertz CT molecular complexity index is 1670. The maximum atomic E-state index is 13.5. The quantitative estimate of drug-likeness (QED) is 0.0195. The number of amides is 1. The smallest absolute Gasteiger partial charge is 0.306 e. The Hall–Kier alpha value is -3.16. The molecular weight excluding hydrogens is 1040 g/mol. The fraction of sp³-hybridized carbons (Fsp3) is 0.778. The van der Waals surface area contributed by atoms with E-state index in [-0.39, 0.29) is 19.4 Å². The molecule has 1 rings (SSSR count). The molecule has 1 aliphatic heterocycles. The van der Waals surface area contributed by atoms with Gasteiger partial charge >= 0.3 is 5.97 Å². The van der Waals surface area contributed by atoms with Gasteiger partial charge in [-0.15, -0.1) is 0 Å². The second kappa shape index (κ2) is 59.2. The summed E-state index contributed by atoms with van der Waals surface area (Å²) in [6.45, 7) is 5.68. The predicted octanol–water partition coefficient (Wildman–Crippen LogP) is 17.3. The maximum absolute atomic E-state index is 13.5. The number of aliphatic hydroxyl groups is 5. The third-order valence-corrected chi connectivity index (χ3v) is 15.8. The molecule has 0 aromatic carbocycles. The van der Waals surface area contributed by atoms with Crippen LogP contribution in [0.25, 0.3) is 0 Å². The summed E-state index contributed by atoms with van der Waals surface area (Å²) in [6.07, 6.45) is 67.7. The molecule has 0 aromatic heterocycles. The van der Waals surface area contributed by atoms with Crippen molar-refractivity contribution in [2.75, 3.05) is 13.2 Å². The van der Waals surface area contributed by atoms with Gasteiger partial charge in [0, 0.05) is 6.42 Å². The highest BCUT2D eigenvalue weighted by atomic mass is 16.7. The molecule has 1 heterocycles. The van der Waals surface area contributed by atoms with E-state index in [1.165, 1.54) is 161 Å². The van der Waals surface area contributed by atoms with Crippen LogP contribution < -0.4 is 5.32 Å². The van der Waals surface area contributed by atoms with Crippen molar-refractivity contribution in [1.82, 2.24) is 5.32 Å². The molecule has 1 aliphatic rings. The third kappa shape index (κ3) is 46.7. The van der Waals surface area contributed by atoms with Crippen LogP contribution in [0, 0.1) is 0 Å². The molecule has 8 atom stereocenters. The summed E-state index contributed by atoms with van der Waals surface area (Å²) in [5.41, 5.74) is 0. The number of esters is 1. The SMILES string of the molecule is CC/C=C\C/C=C\C/C=C\C/C=C\C/C=C\C/C=C\CCCC(O)C(=O)NC(COC1OC(CO)C(O)C(O)C1OC(=O)CCCCCCCCCCCCCCCCCCCCCCC)C(O)/C=C/CCCCCCCCCCCCC. The molecule has 1 amide bonds. The minimum Gasteiger partial charge on any atom is -0.454 e. The lowest BCUT2D eigenvalue weighted by Gasteiger charge is -2.41. The van der Waals surface area contributed by atoms with Gasteiger partial charge in [0.1, 0.15) is 24.4 Å². The van der Waals surface area contributed by atoms with Gasteiger partial charge in [-0.1, -0.05) is 298 Å². The zero-order chi connectivity index (χ0) is 60.3. The number of carbonyl (C=O) groups excluding carboxylic acids is 2. The Balaban J connectivity index is 2.66. The minimum atomic E-state index is -1.62. The van der Waals surface area contributed by atoms with Gasteiger partial charge in [-0.3, -0.25) is 9.59 Å². The van der Waals surface area contributed by atoms with Crippen LogP contribution in [-0.2, 0) is 23.8 Å². The Morgan fingerprint density at radius 1 is 0.482 bits per heavy atom. The largest absolute Gasteiger partial charge is 0.454 e. The topological polar surface area (TPSA) is 175 Å². The number of hydrogen-bond donors (Lipinski definition) is 6. The molecular formula is C72H127NO10. The molecule has 480 valence electrons. The lowest BCUT2D eigenvalue weighted by Crippen LogP contribution is -2.61. The van der Waals surface area contributed by atoms with E-state index in [0.717, 1.165) is 83.5 Å². The minimum absolute atomic E-state index is 0.119. The number of rotatable bonds is 58. The molecule has 0 aromatic rings. The maximum Gasteiger partial charge on any atom is 0.306 e. The first-order valence-corrected chi connectivity index (χ1v) is 34.4. The van der Waals surface area contributed by atoms with Gasteiger partial charge in [0.15, 0.2) is 12.4 Å². The fourth-order valence-electron chi connectivity index (χ4n) is 10.4. The second-order valence-corrected chi connectivity index (χ2v) is 23.5. The van der Waals surface area contributed by atoms with Crippen LogP contribution in [0.4, 0.5) is 0 Å². The van der Waals surface area contributed by atoms with Crippen molar-refractivity contribution in [3.8, 4) is 0 Å². The summed E-state index contributed by atoms with van der Waals surface area (Å²) in [6, 6.07) is -1.05. The zero-order valence-corrected chi connectivity index (χ0v) is 53.3. The summed E-state index contributed by atoms with van der Waals surface area (Å²) >= 11 is 0. The van der Waals surface area contributed by atoms with Crippen LogP contribution in [0.3, 0.4) is 0 Å². The molecule has 1 fully saturated rings. The van der Waals surface area contributed by atoms with Crippen molar-refractivity contribution < 1.29 is 49.3 Å². The number of hydrogen-bond acceptors (Lipinski definition) is 10. The second-order valence-electron chi connectivity index (χ2n) is 23.5. The number of unbranched alkanes of at least 4 members (excludes halogenated alkanes) is 32. The van der Waals surface area contributed by atoms with Crippen LogP contribution in [0.2, 0.25) is 0 Å². The zero-order valence-electron chi connectivity index (χ0n) is 53.3. The number of ether oxygens (including phenoxy) is 3. The molecule has 11 heteroatoms. The summed E-state index contributed by atoms with van der Waals surface area (Å²) in [7, 11) is 0. The molecule has 8 unspecified atom stereocenters. The molecule has 0 saturated carbocycles. The van der Waals surface area contributed by atoms with Gasteiger partial charge in [-0.25, -0.2) is 0 Å². The van der Waals surface area contributed by atoms with Gasteiger partial charge in [0.25, 0.3) is 0 Å². The van der Waals surface area contributed by atoms with E-state index in [2.05, 4.69) is 92.9 Å². The van der Waals surface area contributed by atoms with Gasteiger partial charge in [-0.05, 0) is 77.0 Å². The van der Waals surface area contributed by atoms with Gasteiger partial charge < -0.3 is 45.1 Å². The average Bonchev–Trinajstić information content (AvgIpc) is 3.54. The Morgan fingerprint density at radius 3 is 1.29 bits per heavy atom. The monoisotopic (exact) mass is 1170 g/mol. The molecule has 11 nitrogen and oxygen atoms in total. The van der Waals surface area contributed by atoms with Crippen molar-refractivity contribution in [2.24, 2.45) is 0 Å². The highest BCUT2D eigenvalue weighted by molar-refractivity contribution is 5.80. The van der Waals surface area contributed by atoms with Crippen LogP contribution in [0.5, 0.6) is 0 Å². The van der Waals surface area contributed by atoms with E-state index >= 15 is 0 Å². The predicted molar refractivity (Wildman–Crippen MR) is 347 cm³/mol. The molecule has 1 saturated heterocycles. The van der Waals surface area contributed by atoms with Crippen LogP contribution in [0.1, 0.15) is 297 Å². The number of carbonyl (C=O) groups is 2. The van der Waals surface area contributed by atoms with Gasteiger partial charge in [0.2, 0.25) is 5.91 Å². The van der Waals surface area contributed by atoms with E-state index in [0.29, 0.717) is 19.3 Å². The number of allylic oxidation sites excluding steroid dienone is 13. The first-order valence-electron chi connectivity index (χ1n) is 34.4. The van der Waals surface area contributed by atoms with Crippen molar-refractivity contribution in [3.63, 3.8) is 0 Å². The van der Waals surface area contributed by atoms with Crippen molar-refractivity contribution >= 4 is 11.9 Å². The summed E-state index contributed by atoms with van der Waals surface area (Å²) in [5.74, 6) is -1.23. The normalized spacial score (nSPS) is 19.1. The number of aliphatic hydroxyl groups excluding tert-OH is 5. The third-order valence-electron chi connectivity index (χ3n) is 15.8. The summed E-state index contributed by atoms with van der Waals surface area (Å²) < 4.78 is 17.7. The van der Waals surface area contributed by atoms with E-state index in [4.69, 9.17) is 14.2 Å². The molecule has 6 N–H and O–H groups in total. The van der Waals surface area contributed by atoms with E-state index in [1.807, 2.05) is 12.2 Å². The molecule has 0 bridgehead atoms. The van der Waals surface area contributed by atoms with E-state index < -0.39 is 67.4 Å². The highest BCUT2D eigenvalue weighted by Gasteiger charge is 2.47. The van der Waals surface area contributed by atoms with Crippen LogP contribution >= 0.6 is 0 Å². The summed E-state index contributed by atoms with van der Waals surface area (Å²) in [4.78, 5) is 26.6. The lowest BCUT2D eigenvalue weighted by molar-refractivity contribution is -0.305. The van der Waals surface area contributed by atoms with Crippen molar-refractivity contribution in [2.45, 2.75) is 346 Å². The Kier molecular flexibility index (Phi) is 55.5. The first-order chi connectivity index (χ1) is 40.7. The van der Waals surface area contributed by atoms with Crippen LogP contribution in [-0.4, -0.2) is 99.6 Å². The standard InChI is InChI=1S/C72H127NO10/c1-4-7-10-13-16-19-22-25-27-29-31-33-35-37-39-42-45-48-51-54-57-60-67(77)83-70-69(79)68(78)66(61-74)82-72(70)81-62-63(64(75)58-55-52-49-46-43-40-24-21-18-15-12-9-6-3)73-71(80)65(76)59-56-53-50-47-44-41-38-36-34-32-30-28-26-23-20-17-14-11-8-5-2/h8,11,17,20,26,28,32,34,38,41,47,50,55,58,63-66,68-70,72,74-76,78-79H,4-7,9-10,12-16,18-19,21-25,27,29-31,33,35-37,39-40,42-46,48-49,51-54,56-57,59-62H2,1-3H3,(H,73,80)/b11-8-,20-17-,28-26-,34-32-,41-38-,50-47-,58-55+. The fourth-order valence-corrected chi connectivity index (χ4v) is 10.4. The Morgan fingerprint density at radius 2 is 0.867 bits per heavy atom. The molecule has 0 spiro atoms. The molecule has 0 radical (unpaired) electrons. The van der Waals surface area contributed by atoms with Gasteiger partial charge in [0.05, 0.1) is 25.4 Å². The van der Waals surface area contributed by atoms with Crippen molar-refractivity contribution in [1.29, 1.82) is 0 Å². The van der Waals surface area contributed by atoms with Crippen molar-refractivity contribution in [3.05, 3.63) is 85.1 Å². The van der Waals surface area contributed by atoms with E-state index in [9.17, 15) is 35.1 Å². The van der Waals surface area contributed by atoms with Crippen LogP contribution in [0.15, 0.2) is 85.1 Å². The first kappa shape index (κ1) is 77.9. The molecule has 83 heavy (non-hydrogen) atoms. The average molecular weight is 1170 g/mol. The molecule has 0 aliphatic carbocycles. The summed E-state index contributed by atoms with van der Waals surface area (Å²) in [5, 5.41) is 57.1. The van der Waals surface area contributed by atoms with Gasteiger partial charge in [-0.2, -0.15) is 0 Å². The Labute approximate surface area is 508 Å². The highest BCUT2D eigenvalue weighted by Crippen LogP contribution is 2.26. The van der Waals surface area contributed by atoms with E-state index in [1.54, 1.807) is 6.08 Å². The lowest BCUT2D eigenvalue weighted by atomic mass is 9.99.